The Bertz CT molecular complexity index is 103. The van der Waals surface area contributed by atoms with Crippen molar-refractivity contribution in [2.24, 2.45) is 0 Å². The Hall–Kier alpha value is 0.666. The molecule has 0 rings (SSSR count). The van der Waals surface area contributed by atoms with E-state index < -0.39 is 5.97 Å². The number of hydrogen-bond acceptors (Lipinski definition) is 2. The summed E-state index contributed by atoms with van der Waals surface area (Å²) in [5, 5.41) is 0. The van der Waals surface area contributed by atoms with Gasteiger partial charge in [-0.25, -0.2) is 4.79 Å². The Morgan fingerprint density at radius 1 is 1.88 bits per heavy atom. The van der Waals surface area contributed by atoms with Gasteiger partial charge in [0.25, 0.3) is 0 Å². The van der Waals surface area contributed by atoms with Crippen molar-refractivity contribution in [3.8, 4) is 12.3 Å². The first-order valence-electron chi connectivity index (χ1n) is 1.94. The van der Waals surface area contributed by atoms with E-state index in [2.05, 4.69) is 11.2 Å². The summed E-state index contributed by atoms with van der Waals surface area (Å²) >= 11 is 0. The maximum absolute atomic E-state index is 9.95. The van der Waals surface area contributed by atoms with Crippen LogP contribution in [0.5, 0.6) is 0 Å². The van der Waals surface area contributed by atoms with Crippen LogP contribution in [0.15, 0.2) is 0 Å². The van der Waals surface area contributed by atoms with Gasteiger partial charge < -0.3 is 4.74 Å². The van der Waals surface area contributed by atoms with Gasteiger partial charge in [0, 0.05) is 5.92 Å². The fraction of sp³-hybridized carbons (Fsp3) is 0.400. The van der Waals surface area contributed by atoms with Crippen molar-refractivity contribution in [1.29, 1.82) is 0 Å². The van der Waals surface area contributed by atoms with Crippen LogP contribution in [-0.2, 0) is 9.53 Å². The van der Waals surface area contributed by atoms with Crippen LogP contribution < -0.4 is 0 Å². The molecule has 0 radical (unpaired) electrons. The molecule has 2 nitrogen and oxygen atoms in total. The van der Waals surface area contributed by atoms with E-state index in [4.69, 9.17) is 0 Å². The molecule has 40 valence electrons. The van der Waals surface area contributed by atoms with E-state index in [1.807, 2.05) is 0 Å². The van der Waals surface area contributed by atoms with Gasteiger partial charge in [-0.1, -0.05) is 0 Å². The first-order chi connectivity index (χ1) is 3.31. The summed E-state index contributed by atoms with van der Waals surface area (Å²) < 4.78 is 4.32. The fourth-order valence-corrected chi connectivity index (χ4v) is 0.173. The van der Waals surface area contributed by atoms with Crippen molar-refractivity contribution in [1.82, 2.24) is 0 Å². The molecule has 0 saturated carbocycles. The molecule has 0 bridgehead atoms. The molecule has 0 aromatic rings. The Kier molecular flexibility index (Phi) is 11.0. The summed E-state index contributed by atoms with van der Waals surface area (Å²) in [5.74, 6) is 1.21. The number of terminal acetylenes is 1. The van der Waals surface area contributed by atoms with Crippen molar-refractivity contribution in [2.75, 3.05) is 6.61 Å². The molecule has 0 amide bonds. The third-order valence-electron chi connectivity index (χ3n) is 0.393. The number of carbonyl (C=O) groups is 1. The first-order valence-corrected chi connectivity index (χ1v) is 1.94. The fourth-order valence-electron chi connectivity index (χ4n) is 0.173. The van der Waals surface area contributed by atoms with Gasteiger partial charge in [0.15, 0.2) is 0 Å². The molecule has 0 aliphatic rings. The molecule has 0 N–H and O–H groups in total. The number of ether oxygens (including phenoxy) is 1. The molecule has 0 aliphatic heterocycles. The monoisotopic (exact) mass is 138 g/mol. The van der Waals surface area contributed by atoms with Crippen LogP contribution in [0.25, 0.3) is 0 Å². The Labute approximate surface area is 91.4 Å². The van der Waals surface area contributed by atoms with Gasteiger partial charge in [-0.15, -0.1) is 6.42 Å². The van der Waals surface area contributed by atoms with Gasteiger partial charge in [-0.05, 0) is 6.92 Å². The SMILES string of the molecule is C#CC(=O)OCC.[KH]. The third-order valence-corrected chi connectivity index (χ3v) is 0.393. The van der Waals surface area contributed by atoms with Gasteiger partial charge in [0.1, 0.15) is 0 Å². The van der Waals surface area contributed by atoms with Crippen molar-refractivity contribution >= 4 is 57.4 Å². The second-order valence-electron chi connectivity index (χ2n) is 0.865. The maximum atomic E-state index is 9.95. The quantitative estimate of drug-likeness (QED) is 0.212. The Morgan fingerprint density at radius 3 is 2.50 bits per heavy atom. The first kappa shape index (κ1) is 11.5. The van der Waals surface area contributed by atoms with Crippen LogP contribution in [0.1, 0.15) is 6.92 Å². The summed E-state index contributed by atoms with van der Waals surface area (Å²) in [6, 6.07) is 0. The summed E-state index contributed by atoms with van der Waals surface area (Å²) in [7, 11) is 0. The molecular weight excluding hydrogens is 131 g/mol. The molecule has 3 heteroatoms. The van der Waals surface area contributed by atoms with Gasteiger partial charge in [-0.3, -0.25) is 0 Å². The predicted octanol–water partition coefficient (Wildman–Crippen LogP) is -0.466. The minimum atomic E-state index is -0.595. The summed E-state index contributed by atoms with van der Waals surface area (Å²) in [4.78, 5) is 9.95. The number of esters is 1. The van der Waals surface area contributed by atoms with E-state index in [-0.39, 0.29) is 51.4 Å². The van der Waals surface area contributed by atoms with Crippen LogP contribution in [0.3, 0.4) is 0 Å². The zero-order chi connectivity index (χ0) is 5.70. The molecule has 0 aromatic heterocycles. The zero-order valence-electron chi connectivity index (χ0n) is 4.10. The van der Waals surface area contributed by atoms with Crippen LogP contribution >= 0.6 is 0 Å². The van der Waals surface area contributed by atoms with E-state index in [1.165, 1.54) is 0 Å². The minimum absolute atomic E-state index is 0. The number of hydrogen-bond donors (Lipinski definition) is 0. The third kappa shape index (κ3) is 6.67. The molecule has 0 atom stereocenters. The molecule has 0 aromatic carbocycles. The van der Waals surface area contributed by atoms with Crippen LogP contribution in [-0.4, -0.2) is 64.0 Å². The molecule has 0 saturated heterocycles. The van der Waals surface area contributed by atoms with Crippen LogP contribution in [0, 0.1) is 12.3 Å². The summed E-state index contributed by atoms with van der Waals surface area (Å²) in [5.41, 5.74) is 0. The van der Waals surface area contributed by atoms with Gasteiger partial charge in [-0.2, -0.15) is 0 Å². The van der Waals surface area contributed by atoms with Gasteiger partial charge in [0.05, 0.1) is 6.61 Å². The van der Waals surface area contributed by atoms with E-state index in [9.17, 15) is 4.79 Å². The number of carbonyl (C=O) groups excluding carboxylic acids is 1. The summed E-state index contributed by atoms with van der Waals surface area (Å²) in [6.45, 7) is 2.05. The standard InChI is InChI=1S/C5H6O2.K.H/c1-3-5(6)7-4-2;;/h1H,4H2,2H3;;. The van der Waals surface area contributed by atoms with Crippen molar-refractivity contribution in [2.45, 2.75) is 6.92 Å². The second-order valence-corrected chi connectivity index (χ2v) is 0.865. The van der Waals surface area contributed by atoms with E-state index >= 15 is 0 Å². The Morgan fingerprint density at radius 2 is 2.38 bits per heavy atom. The topological polar surface area (TPSA) is 26.3 Å². The molecule has 0 spiro atoms. The predicted molar refractivity (Wildman–Crippen MR) is 32.6 cm³/mol. The molecule has 8 heavy (non-hydrogen) atoms. The van der Waals surface area contributed by atoms with Crippen LogP contribution in [0.2, 0.25) is 0 Å². The average Bonchev–Trinajstić information content (AvgIpc) is 1.68. The van der Waals surface area contributed by atoms with Gasteiger partial charge >= 0.3 is 57.4 Å². The molecule has 0 aliphatic carbocycles. The molecular formula is C5H7KO2. The zero-order valence-corrected chi connectivity index (χ0v) is 4.10. The normalized spacial score (nSPS) is 6.00. The van der Waals surface area contributed by atoms with Crippen molar-refractivity contribution in [3.63, 3.8) is 0 Å². The van der Waals surface area contributed by atoms with Crippen molar-refractivity contribution < 1.29 is 9.53 Å². The van der Waals surface area contributed by atoms with E-state index in [1.54, 1.807) is 12.8 Å². The molecule has 0 unspecified atom stereocenters. The van der Waals surface area contributed by atoms with E-state index in [0.29, 0.717) is 6.61 Å². The average molecular weight is 138 g/mol. The Balaban J connectivity index is 0. The molecule has 0 fully saturated rings. The van der Waals surface area contributed by atoms with E-state index in [0.717, 1.165) is 0 Å². The van der Waals surface area contributed by atoms with Crippen LogP contribution in [0.4, 0.5) is 0 Å². The number of rotatable bonds is 1. The second kappa shape index (κ2) is 7.67. The molecule has 0 heterocycles. The van der Waals surface area contributed by atoms with Crippen molar-refractivity contribution in [3.05, 3.63) is 0 Å². The van der Waals surface area contributed by atoms with Gasteiger partial charge in [0.2, 0.25) is 0 Å². The summed E-state index contributed by atoms with van der Waals surface area (Å²) in [6.07, 6.45) is 4.63.